The molecular weight excluding hydrogens is 230 g/mol. The molecule has 0 spiro atoms. The van der Waals surface area contributed by atoms with Crippen LogP contribution in [0, 0.1) is 5.92 Å². The van der Waals surface area contributed by atoms with E-state index in [1.54, 1.807) is 0 Å². The molecule has 0 aromatic rings. The average molecular weight is 257 g/mol. The molecule has 17 heavy (non-hydrogen) atoms. The second-order valence-corrected chi connectivity index (χ2v) is 12.2. The van der Waals surface area contributed by atoms with Crippen LogP contribution in [0.4, 0.5) is 0 Å². The average Bonchev–Trinajstić information content (AvgIpc) is 2.34. The van der Waals surface area contributed by atoms with Gasteiger partial charge in [0.25, 0.3) is 0 Å². The molecule has 0 aliphatic carbocycles. The normalized spacial score (nSPS) is 24.9. The number of rotatable bonds is 3. The summed E-state index contributed by atoms with van der Waals surface area (Å²) in [7, 11) is -1.73. The fourth-order valence-electron chi connectivity index (χ4n) is 1.86. The van der Waals surface area contributed by atoms with Crippen LogP contribution >= 0.6 is 0 Å². The number of nitrogens with one attached hydrogen (secondary N) is 1. The minimum atomic E-state index is -1.73. The molecule has 0 bridgehead atoms. The van der Waals surface area contributed by atoms with Crippen molar-refractivity contribution in [2.45, 2.75) is 64.7 Å². The predicted octanol–water partition coefficient (Wildman–Crippen LogP) is 2.92. The monoisotopic (exact) mass is 257 g/mol. The number of carbonyl (C=O) groups is 1. The van der Waals surface area contributed by atoms with Gasteiger partial charge in [-0.05, 0) is 38.4 Å². The van der Waals surface area contributed by atoms with Gasteiger partial charge in [-0.2, -0.15) is 0 Å². The molecular formula is C13H27NO2Si. The van der Waals surface area contributed by atoms with Crippen molar-refractivity contribution in [2.75, 3.05) is 6.61 Å². The van der Waals surface area contributed by atoms with Crippen LogP contribution in [-0.4, -0.2) is 26.4 Å². The van der Waals surface area contributed by atoms with Crippen LogP contribution in [0.15, 0.2) is 0 Å². The summed E-state index contributed by atoms with van der Waals surface area (Å²) in [4.78, 5) is 11.8. The summed E-state index contributed by atoms with van der Waals surface area (Å²) in [6, 6.07) is 0. The molecule has 0 aromatic heterocycles. The van der Waals surface area contributed by atoms with Gasteiger partial charge in [0, 0.05) is 12.1 Å². The van der Waals surface area contributed by atoms with E-state index in [4.69, 9.17) is 4.43 Å². The molecule has 0 aromatic carbocycles. The number of amides is 1. The highest BCUT2D eigenvalue weighted by atomic mass is 28.4. The lowest BCUT2D eigenvalue weighted by molar-refractivity contribution is -0.123. The zero-order chi connectivity index (χ0) is 13.5. The van der Waals surface area contributed by atoms with E-state index in [1.165, 1.54) is 0 Å². The quantitative estimate of drug-likeness (QED) is 0.790. The van der Waals surface area contributed by atoms with Gasteiger partial charge < -0.3 is 9.74 Å². The van der Waals surface area contributed by atoms with Gasteiger partial charge in [-0.1, -0.05) is 20.8 Å². The lowest BCUT2D eigenvalue weighted by Crippen LogP contribution is -2.42. The van der Waals surface area contributed by atoms with Crippen molar-refractivity contribution in [1.82, 2.24) is 5.32 Å². The Morgan fingerprint density at radius 3 is 2.29 bits per heavy atom. The zero-order valence-electron chi connectivity index (χ0n) is 12.3. The predicted molar refractivity (Wildman–Crippen MR) is 73.5 cm³/mol. The van der Waals surface area contributed by atoms with Crippen molar-refractivity contribution in [2.24, 2.45) is 5.92 Å². The molecule has 0 saturated carbocycles. The number of hydrogen-bond acceptors (Lipinski definition) is 2. The van der Waals surface area contributed by atoms with Crippen LogP contribution in [0.2, 0.25) is 18.1 Å². The molecule has 1 heterocycles. The summed E-state index contributed by atoms with van der Waals surface area (Å²) in [5, 5.41) is 3.22. The molecule has 1 aliphatic heterocycles. The van der Waals surface area contributed by atoms with Crippen LogP contribution in [0.25, 0.3) is 0 Å². The van der Waals surface area contributed by atoms with E-state index >= 15 is 0 Å². The highest BCUT2D eigenvalue weighted by molar-refractivity contribution is 6.74. The Kier molecular flexibility index (Phi) is 3.80. The van der Waals surface area contributed by atoms with Gasteiger partial charge in [-0.3, -0.25) is 4.79 Å². The maximum absolute atomic E-state index is 11.8. The first-order valence-electron chi connectivity index (χ1n) is 6.41. The molecule has 4 heteroatoms. The van der Waals surface area contributed by atoms with Crippen molar-refractivity contribution in [1.29, 1.82) is 0 Å². The fourth-order valence-corrected chi connectivity index (χ4v) is 2.91. The first-order valence-corrected chi connectivity index (χ1v) is 9.31. The molecule has 1 atom stereocenters. The summed E-state index contributed by atoms with van der Waals surface area (Å²) in [6.45, 7) is 15.8. The van der Waals surface area contributed by atoms with Crippen LogP contribution < -0.4 is 5.32 Å². The summed E-state index contributed by atoms with van der Waals surface area (Å²) in [5.74, 6) is 0.174. The molecule has 100 valence electrons. The number of hydrogen-bond donors (Lipinski definition) is 1. The molecule has 1 aliphatic rings. The largest absolute Gasteiger partial charge is 0.416 e. The third kappa shape index (κ3) is 3.55. The van der Waals surface area contributed by atoms with Crippen LogP contribution in [-0.2, 0) is 9.22 Å². The molecule has 1 saturated heterocycles. The maximum atomic E-state index is 11.8. The molecule has 1 N–H and O–H groups in total. The Bertz CT molecular complexity index is 305. The molecule has 1 unspecified atom stereocenters. The Labute approximate surface area is 106 Å². The van der Waals surface area contributed by atoms with Crippen molar-refractivity contribution >= 4 is 14.2 Å². The molecule has 3 nitrogen and oxygen atoms in total. The molecule has 0 radical (unpaired) electrons. The zero-order valence-corrected chi connectivity index (χ0v) is 13.3. The van der Waals surface area contributed by atoms with Gasteiger partial charge in [0.2, 0.25) is 5.91 Å². The van der Waals surface area contributed by atoms with Gasteiger partial charge in [-0.25, -0.2) is 0 Å². The summed E-state index contributed by atoms with van der Waals surface area (Å²) < 4.78 is 6.12. The van der Waals surface area contributed by atoms with Gasteiger partial charge in [0.05, 0.1) is 5.92 Å². The minimum absolute atomic E-state index is 0.0270. The van der Waals surface area contributed by atoms with Gasteiger partial charge in [0.1, 0.15) is 0 Å². The van der Waals surface area contributed by atoms with Crippen LogP contribution in [0.3, 0.4) is 0 Å². The van der Waals surface area contributed by atoms with E-state index in [1.807, 2.05) is 0 Å². The fraction of sp³-hybridized carbons (Fsp3) is 0.923. The highest BCUT2D eigenvalue weighted by Gasteiger charge is 2.41. The minimum Gasteiger partial charge on any atom is -0.416 e. The Morgan fingerprint density at radius 2 is 1.94 bits per heavy atom. The Morgan fingerprint density at radius 1 is 1.41 bits per heavy atom. The standard InChI is InChI=1S/C13H27NO2Si/c1-12(2,3)17(6,7)16-9-10-8-13(4,5)14-11(10)15/h10H,8-9H2,1-7H3,(H,14,15). The molecule has 1 amide bonds. The van der Waals surface area contributed by atoms with Crippen molar-refractivity contribution < 1.29 is 9.22 Å². The summed E-state index contributed by atoms with van der Waals surface area (Å²) >= 11 is 0. The van der Waals surface area contributed by atoms with Crippen LogP contribution in [0.5, 0.6) is 0 Å². The Balaban J connectivity index is 2.56. The number of carbonyl (C=O) groups excluding carboxylic acids is 1. The lowest BCUT2D eigenvalue weighted by Gasteiger charge is -2.36. The molecule has 1 fully saturated rings. The second kappa shape index (κ2) is 4.39. The van der Waals surface area contributed by atoms with Crippen molar-refractivity contribution in [3.63, 3.8) is 0 Å². The topological polar surface area (TPSA) is 38.3 Å². The third-order valence-electron chi connectivity index (χ3n) is 4.04. The van der Waals surface area contributed by atoms with E-state index in [0.29, 0.717) is 6.61 Å². The van der Waals surface area contributed by atoms with E-state index in [9.17, 15) is 4.79 Å². The highest BCUT2D eigenvalue weighted by Crippen LogP contribution is 2.37. The lowest BCUT2D eigenvalue weighted by atomic mass is 9.98. The van der Waals surface area contributed by atoms with E-state index in [-0.39, 0.29) is 22.4 Å². The summed E-state index contributed by atoms with van der Waals surface area (Å²) in [6.07, 6.45) is 0.875. The van der Waals surface area contributed by atoms with Gasteiger partial charge >= 0.3 is 0 Å². The van der Waals surface area contributed by atoms with E-state index in [0.717, 1.165) is 6.42 Å². The van der Waals surface area contributed by atoms with Crippen molar-refractivity contribution in [3.8, 4) is 0 Å². The summed E-state index contributed by atoms with van der Waals surface area (Å²) in [5.41, 5.74) is -0.0709. The van der Waals surface area contributed by atoms with Gasteiger partial charge in [0.15, 0.2) is 8.32 Å². The SMILES string of the molecule is CC1(C)CC(CO[Si](C)(C)C(C)(C)C)C(=O)N1. The smallest absolute Gasteiger partial charge is 0.225 e. The van der Waals surface area contributed by atoms with Crippen molar-refractivity contribution in [3.05, 3.63) is 0 Å². The second-order valence-electron chi connectivity index (χ2n) is 7.35. The Hall–Kier alpha value is -0.353. The van der Waals surface area contributed by atoms with Crippen LogP contribution in [0.1, 0.15) is 41.0 Å². The third-order valence-corrected chi connectivity index (χ3v) is 8.54. The first-order chi connectivity index (χ1) is 7.45. The first kappa shape index (κ1) is 14.7. The molecule has 1 rings (SSSR count). The van der Waals surface area contributed by atoms with E-state index < -0.39 is 8.32 Å². The maximum Gasteiger partial charge on any atom is 0.225 e. The van der Waals surface area contributed by atoms with E-state index in [2.05, 4.69) is 53.0 Å². The van der Waals surface area contributed by atoms with Gasteiger partial charge in [-0.15, -0.1) is 0 Å².